The first-order chi connectivity index (χ1) is 15.8. The highest BCUT2D eigenvalue weighted by Gasteiger charge is 2.86. The SMILES string of the molecule is CC1(C)C(C#N)(C=C(Cl)C(F)(F)F)C1(Cc1cccc(Oc2ccccc2)c1)C(=O)O.CCC. The first kappa shape index (κ1) is 27.3. The summed E-state index contributed by atoms with van der Waals surface area (Å²) in [6.45, 7) is 7.18. The molecule has 0 aromatic heterocycles. The molecule has 1 aliphatic rings. The zero-order chi connectivity index (χ0) is 25.8. The number of carbonyl (C=O) groups is 1. The minimum Gasteiger partial charge on any atom is -0.481 e. The predicted molar refractivity (Wildman–Crippen MR) is 125 cm³/mol. The van der Waals surface area contributed by atoms with Gasteiger partial charge in [-0.2, -0.15) is 18.4 Å². The third-order valence-electron chi connectivity index (χ3n) is 6.17. The molecule has 2 unspecified atom stereocenters. The van der Waals surface area contributed by atoms with E-state index in [9.17, 15) is 28.3 Å². The largest absolute Gasteiger partial charge is 0.481 e. The molecule has 3 rings (SSSR count). The van der Waals surface area contributed by atoms with Crippen molar-refractivity contribution in [2.75, 3.05) is 0 Å². The fraction of sp³-hybridized carbons (Fsp3) is 0.385. The molecule has 1 aliphatic carbocycles. The minimum absolute atomic E-state index is 0.173. The van der Waals surface area contributed by atoms with Crippen molar-refractivity contribution < 1.29 is 27.8 Å². The number of alkyl halides is 3. The molecule has 34 heavy (non-hydrogen) atoms. The van der Waals surface area contributed by atoms with Crippen molar-refractivity contribution >= 4 is 17.6 Å². The average Bonchev–Trinajstić information content (AvgIpc) is 3.17. The Morgan fingerprint density at radius 1 is 1.12 bits per heavy atom. The van der Waals surface area contributed by atoms with Gasteiger partial charge in [-0.25, -0.2) is 0 Å². The van der Waals surface area contributed by atoms with Gasteiger partial charge in [0.05, 0.1) is 6.07 Å². The molecule has 2 aromatic rings. The number of rotatable bonds is 6. The molecule has 0 bridgehead atoms. The van der Waals surface area contributed by atoms with Crippen LogP contribution in [0.2, 0.25) is 0 Å². The molecule has 2 aromatic carbocycles. The first-order valence-corrected chi connectivity index (χ1v) is 11.1. The van der Waals surface area contributed by atoms with E-state index < -0.39 is 33.4 Å². The topological polar surface area (TPSA) is 70.3 Å². The van der Waals surface area contributed by atoms with E-state index in [1.807, 2.05) is 12.1 Å². The van der Waals surface area contributed by atoms with E-state index in [4.69, 9.17) is 16.3 Å². The Balaban J connectivity index is 0.00000129. The van der Waals surface area contributed by atoms with Crippen molar-refractivity contribution in [2.45, 2.75) is 46.7 Å². The second-order valence-electron chi connectivity index (χ2n) is 8.69. The Bertz CT molecular complexity index is 1090. The Morgan fingerprint density at radius 3 is 2.18 bits per heavy atom. The van der Waals surface area contributed by atoms with Gasteiger partial charge in [-0.3, -0.25) is 4.79 Å². The summed E-state index contributed by atoms with van der Waals surface area (Å²) in [6.07, 6.45) is -3.25. The number of nitrogens with zero attached hydrogens (tertiary/aromatic N) is 1. The number of allylic oxidation sites excluding steroid dienone is 2. The lowest BCUT2D eigenvalue weighted by Gasteiger charge is -2.17. The maximum absolute atomic E-state index is 13.1. The normalized spacial score (nSPS) is 23.2. The smallest absolute Gasteiger partial charge is 0.426 e. The lowest BCUT2D eigenvalue weighted by atomic mass is 9.86. The van der Waals surface area contributed by atoms with Crippen LogP contribution >= 0.6 is 11.6 Å². The summed E-state index contributed by atoms with van der Waals surface area (Å²) in [4.78, 5) is 12.3. The fourth-order valence-corrected chi connectivity index (χ4v) is 4.53. The van der Waals surface area contributed by atoms with Crippen LogP contribution in [0.25, 0.3) is 0 Å². The molecular weight excluding hydrogens is 467 g/mol. The zero-order valence-electron chi connectivity index (χ0n) is 19.4. The summed E-state index contributed by atoms with van der Waals surface area (Å²) < 4.78 is 44.9. The van der Waals surface area contributed by atoms with Gasteiger partial charge in [0.1, 0.15) is 27.4 Å². The van der Waals surface area contributed by atoms with Crippen LogP contribution in [0.3, 0.4) is 0 Å². The number of carboxylic acids is 1. The summed E-state index contributed by atoms with van der Waals surface area (Å²) in [5.41, 5.74) is -4.53. The summed E-state index contributed by atoms with van der Waals surface area (Å²) in [5.74, 6) is -0.351. The van der Waals surface area contributed by atoms with Gasteiger partial charge in [-0.15, -0.1) is 0 Å². The van der Waals surface area contributed by atoms with Crippen molar-refractivity contribution in [3.05, 3.63) is 71.3 Å². The van der Waals surface area contributed by atoms with E-state index in [0.29, 0.717) is 23.1 Å². The predicted octanol–water partition coefficient (Wildman–Crippen LogP) is 7.74. The molecule has 0 aliphatic heterocycles. The van der Waals surface area contributed by atoms with Crippen LogP contribution in [-0.4, -0.2) is 17.3 Å². The van der Waals surface area contributed by atoms with Gasteiger partial charge >= 0.3 is 12.1 Å². The summed E-state index contributed by atoms with van der Waals surface area (Å²) in [7, 11) is 0. The van der Waals surface area contributed by atoms with Crippen molar-refractivity contribution in [3.8, 4) is 17.6 Å². The van der Waals surface area contributed by atoms with Gasteiger partial charge < -0.3 is 9.84 Å². The Hall–Kier alpha value is -2.98. The molecule has 8 heteroatoms. The second kappa shape index (κ2) is 10.1. The standard InChI is InChI=1S/C23H19ClF3NO3.C3H8/c1-20(2)21(14-28,13-18(24)23(25,26)27)22(20,19(29)30)12-15-7-6-10-17(11-15)31-16-8-4-3-5-9-16;1-3-2/h3-11,13H,12H2,1-2H3,(H,29,30);3H2,1-2H3. The number of hydrogen-bond donors (Lipinski definition) is 1. The average molecular weight is 494 g/mol. The molecule has 182 valence electrons. The third-order valence-corrected chi connectivity index (χ3v) is 6.49. The van der Waals surface area contributed by atoms with Gasteiger partial charge in [0, 0.05) is 5.41 Å². The summed E-state index contributed by atoms with van der Waals surface area (Å²) in [6, 6.07) is 17.3. The lowest BCUT2D eigenvalue weighted by Crippen LogP contribution is -2.27. The Kier molecular flexibility index (Phi) is 8.10. The lowest BCUT2D eigenvalue weighted by molar-refractivity contribution is -0.145. The van der Waals surface area contributed by atoms with Crippen LogP contribution in [0.15, 0.2) is 65.7 Å². The number of ether oxygens (including phenoxy) is 1. The summed E-state index contributed by atoms with van der Waals surface area (Å²) in [5, 5.41) is 18.4. The van der Waals surface area contributed by atoms with Gasteiger partial charge in [-0.1, -0.05) is 76.0 Å². The Morgan fingerprint density at radius 2 is 1.68 bits per heavy atom. The van der Waals surface area contributed by atoms with E-state index in [2.05, 4.69) is 13.8 Å². The second-order valence-corrected chi connectivity index (χ2v) is 9.10. The van der Waals surface area contributed by atoms with Crippen LogP contribution in [-0.2, 0) is 11.2 Å². The van der Waals surface area contributed by atoms with E-state index in [0.717, 1.165) is 0 Å². The monoisotopic (exact) mass is 493 g/mol. The molecule has 0 spiro atoms. The van der Waals surface area contributed by atoms with E-state index in [-0.39, 0.29) is 6.42 Å². The number of para-hydroxylation sites is 1. The van der Waals surface area contributed by atoms with Crippen molar-refractivity contribution in [1.82, 2.24) is 0 Å². The molecule has 4 nitrogen and oxygen atoms in total. The van der Waals surface area contributed by atoms with Crippen LogP contribution in [0, 0.1) is 27.6 Å². The van der Waals surface area contributed by atoms with Gasteiger partial charge in [0.25, 0.3) is 0 Å². The van der Waals surface area contributed by atoms with E-state index >= 15 is 0 Å². The molecule has 1 N–H and O–H groups in total. The highest BCUT2D eigenvalue weighted by atomic mass is 35.5. The van der Waals surface area contributed by atoms with Crippen LogP contribution in [0.4, 0.5) is 13.2 Å². The van der Waals surface area contributed by atoms with Gasteiger partial charge in [0.15, 0.2) is 0 Å². The van der Waals surface area contributed by atoms with Gasteiger partial charge in [0.2, 0.25) is 0 Å². The van der Waals surface area contributed by atoms with Crippen LogP contribution in [0.5, 0.6) is 11.5 Å². The van der Waals surface area contributed by atoms with Crippen molar-refractivity contribution in [2.24, 2.45) is 16.2 Å². The quantitative estimate of drug-likeness (QED) is 0.446. The van der Waals surface area contributed by atoms with E-state index in [1.165, 1.54) is 20.3 Å². The molecular formula is C26H27ClF3NO3. The molecule has 2 atom stereocenters. The maximum atomic E-state index is 13.1. The molecule has 1 fully saturated rings. The maximum Gasteiger partial charge on any atom is 0.426 e. The summed E-state index contributed by atoms with van der Waals surface area (Å²) >= 11 is 5.41. The number of aliphatic carboxylic acids is 1. The number of nitriles is 1. The molecule has 0 amide bonds. The minimum atomic E-state index is -4.88. The van der Waals surface area contributed by atoms with Crippen molar-refractivity contribution in [3.63, 3.8) is 0 Å². The number of carboxylic acid groups (broad SMARTS) is 1. The molecule has 0 heterocycles. The molecule has 1 saturated carbocycles. The highest BCUT2D eigenvalue weighted by molar-refractivity contribution is 6.30. The van der Waals surface area contributed by atoms with Gasteiger partial charge in [-0.05, 0) is 42.3 Å². The third kappa shape index (κ3) is 4.78. The number of halogens is 4. The van der Waals surface area contributed by atoms with Crippen LogP contribution < -0.4 is 4.74 Å². The van der Waals surface area contributed by atoms with Crippen molar-refractivity contribution in [1.29, 1.82) is 5.26 Å². The fourth-order valence-electron chi connectivity index (χ4n) is 4.37. The van der Waals surface area contributed by atoms with E-state index in [1.54, 1.807) is 48.5 Å². The Labute approximate surface area is 202 Å². The number of benzene rings is 2. The first-order valence-electron chi connectivity index (χ1n) is 10.7. The van der Waals surface area contributed by atoms with Crippen LogP contribution in [0.1, 0.15) is 39.7 Å². The zero-order valence-corrected chi connectivity index (χ0v) is 20.2. The molecule has 0 radical (unpaired) electrons. The molecule has 0 saturated heterocycles. The number of hydrogen-bond acceptors (Lipinski definition) is 3. The highest BCUT2D eigenvalue weighted by Crippen LogP contribution is 2.80.